The number of ether oxygens (including phenoxy) is 2. The van der Waals surface area contributed by atoms with Gasteiger partial charge in [0.1, 0.15) is 16.5 Å². The Balaban J connectivity index is 1.48. The molecule has 0 saturated heterocycles. The first-order valence-corrected chi connectivity index (χ1v) is 14.0. The molecule has 3 heterocycles. The second-order valence-corrected chi connectivity index (χ2v) is 11.3. The number of hydrogen-bond donors (Lipinski definition) is 1. The SMILES string of the molecule is COc1cc(OC)c(NC(=O)N2Cc3c(sc4c3CCCC4)-n3cccc3[C@@H]2c2ccc(C)cc2)cc1Cl. The maximum atomic E-state index is 14.2. The lowest BCUT2D eigenvalue weighted by atomic mass is 9.95. The highest BCUT2D eigenvalue weighted by Gasteiger charge is 2.36. The molecule has 0 saturated carbocycles. The molecule has 4 aromatic rings. The van der Waals surface area contributed by atoms with E-state index in [1.54, 1.807) is 26.4 Å². The van der Waals surface area contributed by atoms with Crippen molar-refractivity contribution in [1.29, 1.82) is 0 Å². The van der Waals surface area contributed by atoms with E-state index in [0.717, 1.165) is 24.1 Å². The first-order chi connectivity index (χ1) is 18.5. The Kier molecular flexibility index (Phi) is 6.58. The number of methoxy groups -OCH3 is 2. The number of nitrogens with zero attached hydrogens (tertiary/aromatic N) is 2. The number of carbonyl (C=O) groups excluding carboxylic acids is 1. The van der Waals surface area contributed by atoms with Crippen LogP contribution < -0.4 is 14.8 Å². The molecule has 2 aliphatic rings. The van der Waals surface area contributed by atoms with Crippen molar-refractivity contribution >= 4 is 34.7 Å². The topological polar surface area (TPSA) is 55.7 Å². The highest BCUT2D eigenvalue weighted by Crippen LogP contribution is 2.44. The summed E-state index contributed by atoms with van der Waals surface area (Å²) in [5.41, 5.74) is 6.49. The van der Waals surface area contributed by atoms with Gasteiger partial charge in [-0.05, 0) is 61.9 Å². The zero-order valence-corrected chi connectivity index (χ0v) is 23.3. The number of urea groups is 1. The number of amides is 2. The standard InChI is InChI=1S/C30H30ClN3O3S/c1-18-10-12-19(13-11-18)28-24-8-6-14-33(24)29-21(20-7-4-5-9-27(20)38-29)17-34(28)30(35)32-23-15-22(31)25(36-2)16-26(23)37-3/h6,8,10-16,28H,4-5,7,9,17H2,1-3H3,(H,32,35)/t28-/m0/s1. The Morgan fingerprint density at radius 3 is 2.55 bits per heavy atom. The number of aromatic nitrogens is 1. The van der Waals surface area contributed by atoms with E-state index in [1.165, 1.54) is 39.4 Å². The van der Waals surface area contributed by atoms with Gasteiger partial charge in [0.2, 0.25) is 0 Å². The molecular formula is C30H30ClN3O3S. The third-order valence-corrected chi connectivity index (χ3v) is 9.18. The van der Waals surface area contributed by atoms with Crippen LogP contribution in [0.15, 0.2) is 54.7 Å². The monoisotopic (exact) mass is 547 g/mol. The van der Waals surface area contributed by atoms with Crippen molar-refractivity contribution in [2.24, 2.45) is 0 Å². The minimum atomic E-state index is -0.274. The molecule has 2 amide bonds. The third kappa shape index (κ3) is 4.24. The Morgan fingerprint density at radius 2 is 1.79 bits per heavy atom. The molecule has 1 atom stereocenters. The predicted octanol–water partition coefficient (Wildman–Crippen LogP) is 7.53. The minimum Gasteiger partial charge on any atom is -0.495 e. The predicted molar refractivity (Wildman–Crippen MR) is 152 cm³/mol. The number of anilines is 1. The fraction of sp³-hybridized carbons (Fsp3) is 0.300. The molecule has 0 bridgehead atoms. The summed E-state index contributed by atoms with van der Waals surface area (Å²) in [5.74, 6) is 0.972. The van der Waals surface area contributed by atoms with E-state index in [-0.39, 0.29) is 12.1 Å². The van der Waals surface area contributed by atoms with E-state index in [4.69, 9.17) is 21.1 Å². The third-order valence-electron chi connectivity index (χ3n) is 7.55. The first kappa shape index (κ1) is 24.9. The van der Waals surface area contributed by atoms with Gasteiger partial charge in [0.05, 0.1) is 43.2 Å². The number of aryl methyl sites for hydroxylation is 2. The van der Waals surface area contributed by atoms with Gasteiger partial charge in [0, 0.05) is 22.7 Å². The van der Waals surface area contributed by atoms with Crippen molar-refractivity contribution in [3.05, 3.63) is 92.6 Å². The number of thiophene rings is 1. The summed E-state index contributed by atoms with van der Waals surface area (Å²) in [5, 5.41) is 4.74. The molecule has 2 aromatic carbocycles. The number of halogens is 1. The van der Waals surface area contributed by atoms with Gasteiger partial charge in [0.25, 0.3) is 0 Å². The van der Waals surface area contributed by atoms with E-state index in [1.807, 2.05) is 16.2 Å². The molecule has 0 fully saturated rings. The summed E-state index contributed by atoms with van der Waals surface area (Å²) in [6, 6.07) is 15.5. The van der Waals surface area contributed by atoms with Crippen LogP contribution in [0.2, 0.25) is 5.02 Å². The van der Waals surface area contributed by atoms with Crippen molar-refractivity contribution in [2.45, 2.75) is 45.2 Å². The second-order valence-electron chi connectivity index (χ2n) is 9.86. The van der Waals surface area contributed by atoms with E-state index >= 15 is 0 Å². The van der Waals surface area contributed by atoms with Crippen LogP contribution in [0.4, 0.5) is 10.5 Å². The summed E-state index contributed by atoms with van der Waals surface area (Å²) in [6.45, 7) is 2.59. The van der Waals surface area contributed by atoms with Crippen LogP contribution in [-0.4, -0.2) is 29.7 Å². The Labute approximate surface area is 231 Å². The molecular weight excluding hydrogens is 518 g/mol. The maximum absolute atomic E-state index is 14.2. The number of benzene rings is 2. The largest absolute Gasteiger partial charge is 0.495 e. The van der Waals surface area contributed by atoms with Crippen molar-refractivity contribution in [1.82, 2.24) is 9.47 Å². The molecule has 8 heteroatoms. The molecule has 1 aliphatic carbocycles. The number of rotatable bonds is 4. The Bertz CT molecular complexity index is 1510. The molecule has 1 N–H and O–H groups in total. The van der Waals surface area contributed by atoms with E-state index in [9.17, 15) is 4.79 Å². The number of carbonyl (C=O) groups is 1. The molecule has 0 radical (unpaired) electrons. The average Bonchev–Trinajstić information content (AvgIpc) is 3.51. The smallest absolute Gasteiger partial charge is 0.323 e. The number of hydrogen-bond acceptors (Lipinski definition) is 4. The molecule has 0 unspecified atom stereocenters. The zero-order chi connectivity index (χ0) is 26.4. The minimum absolute atomic E-state index is 0.216. The van der Waals surface area contributed by atoms with Crippen molar-refractivity contribution in [3.8, 4) is 16.5 Å². The van der Waals surface area contributed by atoms with Crippen LogP contribution in [0.25, 0.3) is 5.00 Å². The maximum Gasteiger partial charge on any atom is 0.323 e. The first-order valence-electron chi connectivity index (χ1n) is 12.8. The number of nitrogens with one attached hydrogen (secondary N) is 1. The van der Waals surface area contributed by atoms with Gasteiger partial charge in [-0.15, -0.1) is 11.3 Å². The fourth-order valence-electron chi connectivity index (χ4n) is 5.63. The van der Waals surface area contributed by atoms with Gasteiger partial charge in [-0.3, -0.25) is 0 Å². The molecule has 196 valence electrons. The molecule has 6 rings (SSSR count). The lowest BCUT2D eigenvalue weighted by Gasteiger charge is -2.31. The van der Waals surface area contributed by atoms with Crippen LogP contribution in [-0.2, 0) is 19.4 Å². The van der Waals surface area contributed by atoms with E-state index in [2.05, 4.69) is 59.4 Å². The quantitative estimate of drug-likeness (QED) is 0.287. The number of fused-ring (bicyclic) bond motifs is 5. The normalized spacial score (nSPS) is 16.2. The molecule has 1 aliphatic heterocycles. The van der Waals surface area contributed by atoms with Crippen LogP contribution >= 0.6 is 22.9 Å². The fourth-order valence-corrected chi connectivity index (χ4v) is 7.28. The molecule has 6 nitrogen and oxygen atoms in total. The summed E-state index contributed by atoms with van der Waals surface area (Å²) in [4.78, 5) is 17.6. The highest BCUT2D eigenvalue weighted by atomic mass is 35.5. The Hall–Kier alpha value is -3.42. The van der Waals surface area contributed by atoms with Crippen molar-refractivity contribution in [2.75, 3.05) is 19.5 Å². The van der Waals surface area contributed by atoms with E-state index in [0.29, 0.717) is 28.8 Å². The molecule has 0 spiro atoms. The Morgan fingerprint density at radius 1 is 1.03 bits per heavy atom. The van der Waals surface area contributed by atoms with Crippen LogP contribution in [0.5, 0.6) is 11.5 Å². The zero-order valence-electron chi connectivity index (χ0n) is 21.7. The second kappa shape index (κ2) is 10.0. The molecule has 2 aromatic heterocycles. The molecule has 38 heavy (non-hydrogen) atoms. The van der Waals surface area contributed by atoms with Gasteiger partial charge < -0.3 is 24.3 Å². The van der Waals surface area contributed by atoms with Gasteiger partial charge in [-0.1, -0.05) is 41.4 Å². The van der Waals surface area contributed by atoms with E-state index < -0.39 is 0 Å². The summed E-state index contributed by atoms with van der Waals surface area (Å²) in [7, 11) is 3.12. The summed E-state index contributed by atoms with van der Waals surface area (Å²) in [6.07, 6.45) is 6.71. The summed E-state index contributed by atoms with van der Waals surface area (Å²) >= 11 is 8.31. The van der Waals surface area contributed by atoms with Crippen LogP contribution in [0.1, 0.15) is 51.7 Å². The van der Waals surface area contributed by atoms with Crippen LogP contribution in [0.3, 0.4) is 0 Å². The van der Waals surface area contributed by atoms with Crippen molar-refractivity contribution in [3.63, 3.8) is 0 Å². The average molecular weight is 548 g/mol. The highest BCUT2D eigenvalue weighted by molar-refractivity contribution is 7.15. The van der Waals surface area contributed by atoms with Gasteiger partial charge in [0.15, 0.2) is 0 Å². The van der Waals surface area contributed by atoms with Gasteiger partial charge in [-0.25, -0.2) is 4.79 Å². The summed E-state index contributed by atoms with van der Waals surface area (Å²) < 4.78 is 13.2. The van der Waals surface area contributed by atoms with Gasteiger partial charge >= 0.3 is 6.03 Å². The van der Waals surface area contributed by atoms with Crippen molar-refractivity contribution < 1.29 is 14.3 Å². The lowest BCUT2D eigenvalue weighted by molar-refractivity contribution is 0.194. The van der Waals surface area contributed by atoms with Crippen LogP contribution in [0, 0.1) is 6.92 Å². The van der Waals surface area contributed by atoms with Gasteiger partial charge in [-0.2, -0.15) is 0 Å². The lowest BCUT2D eigenvalue weighted by Crippen LogP contribution is -2.38.